The molecule has 2 N–H and O–H groups in total. The molecule has 7 heteroatoms. The summed E-state index contributed by atoms with van der Waals surface area (Å²) >= 11 is 1.33. The van der Waals surface area contributed by atoms with Crippen LogP contribution in [0, 0.1) is 12.7 Å². The number of aryl methyl sites for hydroxylation is 1. The average Bonchev–Trinajstić information content (AvgIpc) is 2.66. The van der Waals surface area contributed by atoms with Gasteiger partial charge in [0.2, 0.25) is 0 Å². The van der Waals surface area contributed by atoms with Crippen molar-refractivity contribution in [3.8, 4) is 5.75 Å². The number of rotatable bonds is 4. The zero-order chi connectivity index (χ0) is 14.9. The van der Waals surface area contributed by atoms with E-state index in [4.69, 9.17) is 10.5 Å². The van der Waals surface area contributed by atoms with Gasteiger partial charge in [0.1, 0.15) is 5.82 Å². The minimum atomic E-state index is -0.463. The second kappa shape index (κ2) is 5.70. The van der Waals surface area contributed by atoms with Gasteiger partial charge in [-0.2, -0.15) is 0 Å². The van der Waals surface area contributed by atoms with E-state index in [0.717, 1.165) is 5.82 Å². The Morgan fingerprint density at radius 3 is 2.60 bits per heavy atom. The van der Waals surface area contributed by atoms with Crippen molar-refractivity contribution in [1.82, 2.24) is 14.8 Å². The van der Waals surface area contributed by atoms with Crippen LogP contribution in [0.15, 0.2) is 22.2 Å². The molecule has 0 fully saturated rings. The summed E-state index contributed by atoms with van der Waals surface area (Å²) in [5.41, 5.74) is 6.20. The van der Waals surface area contributed by atoms with Crippen molar-refractivity contribution in [2.75, 3.05) is 5.73 Å². The molecular weight excluding hydrogens is 279 g/mol. The lowest BCUT2D eigenvalue weighted by molar-refractivity contribution is 0.230. The van der Waals surface area contributed by atoms with Crippen LogP contribution in [0.1, 0.15) is 19.7 Å². The predicted molar refractivity (Wildman–Crippen MR) is 76.4 cm³/mol. The van der Waals surface area contributed by atoms with Gasteiger partial charge >= 0.3 is 0 Å². The fraction of sp³-hybridized carbons (Fsp3) is 0.385. The lowest BCUT2D eigenvalue weighted by atomic mass is 10.3. The number of nitrogen functional groups attached to an aromatic ring is 1. The second-order valence-corrected chi connectivity index (χ2v) is 5.69. The van der Waals surface area contributed by atoms with Crippen LogP contribution in [0.4, 0.5) is 10.1 Å². The van der Waals surface area contributed by atoms with E-state index in [-0.39, 0.29) is 11.9 Å². The maximum Gasteiger partial charge on any atom is 0.195 e. The fourth-order valence-electron chi connectivity index (χ4n) is 1.56. The Labute approximate surface area is 121 Å². The summed E-state index contributed by atoms with van der Waals surface area (Å²) in [5, 5.41) is 8.72. The molecule has 0 unspecified atom stereocenters. The summed E-state index contributed by atoms with van der Waals surface area (Å²) in [7, 11) is 1.86. The minimum Gasteiger partial charge on any atom is -0.488 e. The van der Waals surface area contributed by atoms with E-state index >= 15 is 0 Å². The van der Waals surface area contributed by atoms with Crippen LogP contribution >= 0.6 is 11.8 Å². The third-order valence-electron chi connectivity index (χ3n) is 2.68. The van der Waals surface area contributed by atoms with E-state index < -0.39 is 5.82 Å². The molecule has 1 heterocycles. The van der Waals surface area contributed by atoms with Crippen molar-refractivity contribution in [3.63, 3.8) is 0 Å². The monoisotopic (exact) mass is 296 g/mol. The molecule has 0 aliphatic heterocycles. The van der Waals surface area contributed by atoms with Crippen LogP contribution in [0.2, 0.25) is 0 Å². The molecule has 0 saturated heterocycles. The van der Waals surface area contributed by atoms with Gasteiger partial charge in [0.15, 0.2) is 16.7 Å². The van der Waals surface area contributed by atoms with Crippen LogP contribution in [-0.4, -0.2) is 20.9 Å². The largest absolute Gasteiger partial charge is 0.488 e. The van der Waals surface area contributed by atoms with Crippen molar-refractivity contribution in [1.29, 1.82) is 0 Å². The Morgan fingerprint density at radius 2 is 2.05 bits per heavy atom. The van der Waals surface area contributed by atoms with Crippen LogP contribution in [0.25, 0.3) is 0 Å². The number of anilines is 1. The highest BCUT2D eigenvalue weighted by Crippen LogP contribution is 2.35. The number of hydrogen-bond donors (Lipinski definition) is 1. The molecule has 5 nitrogen and oxygen atoms in total. The minimum absolute atomic E-state index is 0.108. The first kappa shape index (κ1) is 14.6. The van der Waals surface area contributed by atoms with Gasteiger partial charge in [0, 0.05) is 23.7 Å². The third kappa shape index (κ3) is 3.04. The van der Waals surface area contributed by atoms with E-state index in [9.17, 15) is 4.39 Å². The van der Waals surface area contributed by atoms with Crippen LogP contribution in [0.3, 0.4) is 0 Å². The maximum absolute atomic E-state index is 13.8. The summed E-state index contributed by atoms with van der Waals surface area (Å²) in [5.74, 6) is 0.525. The summed E-state index contributed by atoms with van der Waals surface area (Å²) < 4.78 is 21.0. The molecule has 108 valence electrons. The van der Waals surface area contributed by atoms with Gasteiger partial charge in [0.25, 0.3) is 0 Å². The molecule has 0 aliphatic rings. The number of halogens is 1. The summed E-state index contributed by atoms with van der Waals surface area (Å²) in [6.45, 7) is 5.54. The van der Waals surface area contributed by atoms with Crippen molar-refractivity contribution >= 4 is 17.4 Å². The zero-order valence-corrected chi connectivity index (χ0v) is 12.7. The van der Waals surface area contributed by atoms with Gasteiger partial charge in [-0.25, -0.2) is 4.39 Å². The van der Waals surface area contributed by atoms with Gasteiger partial charge < -0.3 is 15.0 Å². The molecule has 0 aliphatic carbocycles. The SMILES string of the molecule is Cc1nnc(Sc2cc(OC(C)C)c(F)cc2N)n1C. The molecule has 0 bridgehead atoms. The molecule has 1 aromatic heterocycles. The molecule has 0 amide bonds. The molecule has 20 heavy (non-hydrogen) atoms. The van der Waals surface area contributed by atoms with Crippen LogP contribution < -0.4 is 10.5 Å². The van der Waals surface area contributed by atoms with Crippen molar-refractivity contribution < 1.29 is 9.13 Å². The Balaban J connectivity index is 2.34. The standard InChI is InChI=1S/C13H17FN4OS/c1-7(2)19-11-6-12(10(15)5-9(11)14)20-13-17-16-8(3)18(13)4/h5-7H,15H2,1-4H3. The quantitative estimate of drug-likeness (QED) is 0.879. The lowest BCUT2D eigenvalue weighted by Crippen LogP contribution is -2.07. The van der Waals surface area contributed by atoms with Crippen molar-refractivity contribution in [3.05, 3.63) is 23.8 Å². The number of nitrogens with zero attached hydrogens (tertiary/aromatic N) is 3. The van der Waals surface area contributed by atoms with Crippen LogP contribution in [-0.2, 0) is 7.05 Å². The number of aromatic nitrogens is 3. The number of hydrogen-bond acceptors (Lipinski definition) is 5. The highest BCUT2D eigenvalue weighted by Gasteiger charge is 2.14. The van der Waals surface area contributed by atoms with E-state index in [1.54, 1.807) is 6.07 Å². The van der Waals surface area contributed by atoms with Crippen LogP contribution in [0.5, 0.6) is 5.75 Å². The number of benzene rings is 1. The van der Waals surface area contributed by atoms with E-state index in [0.29, 0.717) is 15.7 Å². The van der Waals surface area contributed by atoms with E-state index in [1.807, 2.05) is 32.4 Å². The molecule has 0 saturated carbocycles. The Kier molecular flexibility index (Phi) is 4.17. The average molecular weight is 296 g/mol. The predicted octanol–water partition coefficient (Wildman–Crippen LogP) is 2.78. The molecule has 2 aromatic rings. The highest BCUT2D eigenvalue weighted by atomic mass is 32.2. The first-order valence-corrected chi connectivity index (χ1v) is 6.99. The first-order valence-electron chi connectivity index (χ1n) is 6.18. The maximum atomic E-state index is 13.8. The third-order valence-corrected chi connectivity index (χ3v) is 3.79. The summed E-state index contributed by atoms with van der Waals surface area (Å²) in [6.07, 6.45) is -0.108. The highest BCUT2D eigenvalue weighted by molar-refractivity contribution is 7.99. The zero-order valence-electron chi connectivity index (χ0n) is 11.8. The molecule has 0 atom stereocenters. The molecule has 0 spiro atoms. The molecular formula is C13H17FN4OS. The van der Waals surface area contributed by atoms with E-state index in [2.05, 4.69) is 10.2 Å². The number of nitrogens with two attached hydrogens (primary N) is 1. The van der Waals surface area contributed by atoms with Crippen molar-refractivity contribution in [2.45, 2.75) is 36.9 Å². The molecule has 1 aromatic carbocycles. The fourth-order valence-corrected chi connectivity index (χ4v) is 2.45. The van der Waals surface area contributed by atoms with Crippen molar-refractivity contribution in [2.24, 2.45) is 7.05 Å². The Hall–Kier alpha value is -1.76. The summed E-state index contributed by atoms with van der Waals surface area (Å²) in [4.78, 5) is 0.692. The first-order chi connectivity index (χ1) is 9.38. The Bertz CT molecular complexity index is 627. The topological polar surface area (TPSA) is 66.0 Å². The normalized spacial score (nSPS) is 11.1. The Morgan fingerprint density at radius 1 is 1.35 bits per heavy atom. The second-order valence-electron chi connectivity index (χ2n) is 4.68. The van der Waals surface area contributed by atoms with Gasteiger partial charge in [-0.05, 0) is 38.6 Å². The molecule has 2 rings (SSSR count). The van der Waals surface area contributed by atoms with E-state index in [1.165, 1.54) is 17.8 Å². The van der Waals surface area contributed by atoms with Gasteiger partial charge in [-0.15, -0.1) is 10.2 Å². The summed E-state index contributed by atoms with van der Waals surface area (Å²) in [6, 6.07) is 2.86. The van der Waals surface area contributed by atoms with Gasteiger partial charge in [0.05, 0.1) is 6.10 Å². The van der Waals surface area contributed by atoms with Gasteiger partial charge in [-0.1, -0.05) is 0 Å². The van der Waals surface area contributed by atoms with Gasteiger partial charge in [-0.3, -0.25) is 0 Å². The number of ether oxygens (including phenoxy) is 1. The lowest BCUT2D eigenvalue weighted by Gasteiger charge is -2.13. The smallest absolute Gasteiger partial charge is 0.195 e. The molecule has 0 radical (unpaired) electrons.